The van der Waals surface area contributed by atoms with Crippen LogP contribution in [0.4, 0.5) is 0 Å². The topological polar surface area (TPSA) is 29.3 Å². The van der Waals surface area contributed by atoms with Crippen molar-refractivity contribution in [3.05, 3.63) is 71.8 Å². The molecule has 1 atom stereocenters. The molecule has 2 nitrogen and oxygen atoms in total. The first kappa shape index (κ1) is 16.7. The predicted octanol–water partition coefficient (Wildman–Crippen LogP) is 3.46. The summed E-state index contributed by atoms with van der Waals surface area (Å²) >= 11 is 0. The van der Waals surface area contributed by atoms with E-state index >= 15 is 0 Å². The molecule has 0 aromatic heterocycles. The summed E-state index contributed by atoms with van der Waals surface area (Å²) in [5.41, 5.74) is 8.62. The Morgan fingerprint density at radius 1 is 0.850 bits per heavy atom. The van der Waals surface area contributed by atoms with Crippen LogP contribution in [-0.2, 0) is 13.1 Å². The lowest BCUT2D eigenvalue weighted by Crippen LogP contribution is -2.34. The standard InChI is InChI=1S/C17H22N2.ClH/c1-15(18)12-19(13-16-8-4-2-5-9-16)14-17-10-6-3-7-11-17;/h2-11,15H,12-14,18H2,1H3;1H. The fraction of sp³-hybridized carbons (Fsp3) is 0.294. The third-order valence-corrected chi connectivity index (χ3v) is 3.04. The van der Waals surface area contributed by atoms with Gasteiger partial charge in [0.25, 0.3) is 0 Å². The van der Waals surface area contributed by atoms with Crippen LogP contribution in [0.1, 0.15) is 18.1 Å². The van der Waals surface area contributed by atoms with Crippen molar-refractivity contribution in [3.8, 4) is 0 Å². The van der Waals surface area contributed by atoms with E-state index in [-0.39, 0.29) is 18.4 Å². The second-order valence-corrected chi connectivity index (χ2v) is 5.12. The van der Waals surface area contributed by atoms with E-state index in [0.29, 0.717) is 0 Å². The average Bonchev–Trinajstić information content (AvgIpc) is 2.40. The van der Waals surface area contributed by atoms with Crippen molar-refractivity contribution in [3.63, 3.8) is 0 Å². The molecule has 0 spiro atoms. The van der Waals surface area contributed by atoms with Crippen LogP contribution < -0.4 is 5.73 Å². The highest BCUT2D eigenvalue weighted by atomic mass is 35.5. The number of benzene rings is 2. The molecule has 1 unspecified atom stereocenters. The Bertz CT molecular complexity index is 429. The first-order chi connectivity index (χ1) is 9.24. The molecule has 0 bridgehead atoms. The van der Waals surface area contributed by atoms with E-state index in [0.717, 1.165) is 19.6 Å². The van der Waals surface area contributed by atoms with Crippen molar-refractivity contribution in [2.45, 2.75) is 26.1 Å². The van der Waals surface area contributed by atoms with Gasteiger partial charge in [-0.1, -0.05) is 60.7 Å². The number of halogens is 1. The highest BCUT2D eigenvalue weighted by Crippen LogP contribution is 2.10. The molecule has 3 heteroatoms. The Morgan fingerprint density at radius 3 is 1.60 bits per heavy atom. The lowest BCUT2D eigenvalue weighted by atomic mass is 10.1. The van der Waals surface area contributed by atoms with Crippen LogP contribution in [0.3, 0.4) is 0 Å². The molecule has 0 saturated heterocycles. The molecular formula is C17H23ClN2. The van der Waals surface area contributed by atoms with Crippen molar-refractivity contribution < 1.29 is 0 Å². The molecule has 0 aliphatic carbocycles. The smallest absolute Gasteiger partial charge is 0.0237 e. The van der Waals surface area contributed by atoms with E-state index in [1.165, 1.54) is 11.1 Å². The minimum atomic E-state index is 0. The Labute approximate surface area is 128 Å². The largest absolute Gasteiger partial charge is 0.327 e. The van der Waals surface area contributed by atoms with Gasteiger partial charge in [-0.25, -0.2) is 0 Å². The molecule has 2 rings (SSSR count). The second-order valence-electron chi connectivity index (χ2n) is 5.12. The van der Waals surface area contributed by atoms with Gasteiger partial charge in [-0.3, -0.25) is 4.90 Å². The highest BCUT2D eigenvalue weighted by Gasteiger charge is 2.09. The lowest BCUT2D eigenvalue weighted by molar-refractivity contribution is 0.244. The minimum absolute atomic E-state index is 0. The van der Waals surface area contributed by atoms with Crippen LogP contribution >= 0.6 is 12.4 Å². The Balaban J connectivity index is 0.00000200. The lowest BCUT2D eigenvalue weighted by Gasteiger charge is -2.24. The monoisotopic (exact) mass is 290 g/mol. The molecule has 2 aromatic rings. The maximum Gasteiger partial charge on any atom is 0.0237 e. The van der Waals surface area contributed by atoms with E-state index in [9.17, 15) is 0 Å². The summed E-state index contributed by atoms with van der Waals surface area (Å²) in [6, 6.07) is 21.3. The van der Waals surface area contributed by atoms with Crippen LogP contribution in [0.2, 0.25) is 0 Å². The Morgan fingerprint density at radius 2 is 1.25 bits per heavy atom. The van der Waals surface area contributed by atoms with Crippen molar-refractivity contribution >= 4 is 12.4 Å². The fourth-order valence-electron chi connectivity index (χ4n) is 2.28. The normalized spacial score (nSPS) is 11.9. The molecule has 108 valence electrons. The third kappa shape index (κ3) is 5.74. The molecule has 0 radical (unpaired) electrons. The van der Waals surface area contributed by atoms with E-state index in [4.69, 9.17) is 5.73 Å². The zero-order chi connectivity index (χ0) is 13.5. The Hall–Kier alpha value is -1.35. The van der Waals surface area contributed by atoms with E-state index in [1.54, 1.807) is 0 Å². The van der Waals surface area contributed by atoms with Gasteiger partial charge < -0.3 is 5.73 Å². The number of rotatable bonds is 6. The van der Waals surface area contributed by atoms with E-state index in [2.05, 4.69) is 72.5 Å². The molecular weight excluding hydrogens is 268 g/mol. The van der Waals surface area contributed by atoms with Crippen molar-refractivity contribution in [1.29, 1.82) is 0 Å². The Kier molecular flexibility index (Phi) is 7.31. The van der Waals surface area contributed by atoms with E-state index in [1.807, 2.05) is 0 Å². The SMILES string of the molecule is CC(N)CN(Cc1ccccc1)Cc1ccccc1.Cl. The van der Waals surface area contributed by atoms with Crippen LogP contribution in [0.15, 0.2) is 60.7 Å². The first-order valence-corrected chi connectivity index (χ1v) is 6.80. The molecule has 2 N–H and O–H groups in total. The van der Waals surface area contributed by atoms with Crippen molar-refractivity contribution in [1.82, 2.24) is 4.90 Å². The van der Waals surface area contributed by atoms with Gasteiger partial charge in [-0.15, -0.1) is 12.4 Å². The summed E-state index contributed by atoms with van der Waals surface area (Å²) in [6.07, 6.45) is 0. The van der Waals surface area contributed by atoms with Gasteiger partial charge >= 0.3 is 0 Å². The van der Waals surface area contributed by atoms with E-state index < -0.39 is 0 Å². The van der Waals surface area contributed by atoms with Gasteiger partial charge in [-0.05, 0) is 18.1 Å². The van der Waals surface area contributed by atoms with Crippen LogP contribution in [0.5, 0.6) is 0 Å². The average molecular weight is 291 g/mol. The summed E-state index contributed by atoms with van der Waals surface area (Å²) in [4.78, 5) is 2.40. The van der Waals surface area contributed by atoms with Crippen molar-refractivity contribution in [2.24, 2.45) is 5.73 Å². The van der Waals surface area contributed by atoms with Crippen LogP contribution in [-0.4, -0.2) is 17.5 Å². The summed E-state index contributed by atoms with van der Waals surface area (Å²) in [5.74, 6) is 0. The predicted molar refractivity (Wildman–Crippen MR) is 87.9 cm³/mol. The number of hydrogen-bond donors (Lipinski definition) is 1. The maximum absolute atomic E-state index is 5.96. The van der Waals surface area contributed by atoms with Gasteiger partial charge in [0.15, 0.2) is 0 Å². The zero-order valence-electron chi connectivity index (χ0n) is 11.9. The molecule has 0 heterocycles. The third-order valence-electron chi connectivity index (χ3n) is 3.04. The molecule has 0 fully saturated rings. The van der Waals surface area contributed by atoms with Gasteiger partial charge in [0.2, 0.25) is 0 Å². The summed E-state index contributed by atoms with van der Waals surface area (Å²) < 4.78 is 0. The van der Waals surface area contributed by atoms with Crippen LogP contribution in [0, 0.1) is 0 Å². The number of hydrogen-bond acceptors (Lipinski definition) is 2. The molecule has 0 aliphatic heterocycles. The second kappa shape index (κ2) is 8.75. The summed E-state index contributed by atoms with van der Waals surface area (Å²) in [6.45, 7) is 4.85. The number of nitrogens with zero attached hydrogens (tertiary/aromatic N) is 1. The quantitative estimate of drug-likeness (QED) is 0.883. The van der Waals surface area contributed by atoms with Crippen molar-refractivity contribution in [2.75, 3.05) is 6.54 Å². The molecule has 0 saturated carbocycles. The summed E-state index contributed by atoms with van der Waals surface area (Å²) in [5, 5.41) is 0. The fourth-order valence-corrected chi connectivity index (χ4v) is 2.28. The molecule has 0 aliphatic rings. The van der Waals surface area contributed by atoms with Gasteiger partial charge in [0.05, 0.1) is 0 Å². The first-order valence-electron chi connectivity index (χ1n) is 6.80. The van der Waals surface area contributed by atoms with Crippen LogP contribution in [0.25, 0.3) is 0 Å². The molecule has 2 aromatic carbocycles. The highest BCUT2D eigenvalue weighted by molar-refractivity contribution is 5.85. The maximum atomic E-state index is 5.96. The number of nitrogens with two attached hydrogens (primary N) is 1. The zero-order valence-corrected chi connectivity index (χ0v) is 12.7. The van der Waals surface area contributed by atoms with Gasteiger partial charge in [0, 0.05) is 25.7 Å². The van der Waals surface area contributed by atoms with Gasteiger partial charge in [0.1, 0.15) is 0 Å². The molecule has 0 amide bonds. The summed E-state index contributed by atoms with van der Waals surface area (Å²) in [7, 11) is 0. The van der Waals surface area contributed by atoms with Gasteiger partial charge in [-0.2, -0.15) is 0 Å². The minimum Gasteiger partial charge on any atom is -0.327 e. The molecule has 20 heavy (non-hydrogen) atoms.